The van der Waals surface area contributed by atoms with E-state index in [1.807, 2.05) is 18.7 Å². The number of benzene rings is 1. The molecule has 0 spiro atoms. The summed E-state index contributed by atoms with van der Waals surface area (Å²) in [5.74, 6) is -0.0569. The molecule has 0 unspecified atom stereocenters. The van der Waals surface area contributed by atoms with E-state index in [2.05, 4.69) is 10.3 Å². The van der Waals surface area contributed by atoms with Crippen LogP contribution in [-0.2, 0) is 24.0 Å². The molecule has 1 N–H and O–H groups in total. The summed E-state index contributed by atoms with van der Waals surface area (Å²) >= 11 is 0. The van der Waals surface area contributed by atoms with Crippen LogP contribution in [0.1, 0.15) is 41.4 Å². The first kappa shape index (κ1) is 21.9. The molecule has 0 fully saturated rings. The van der Waals surface area contributed by atoms with Gasteiger partial charge in [-0.15, -0.1) is 0 Å². The molecule has 1 aromatic heterocycles. The molecule has 0 aliphatic rings. The number of hydrogen-bond acceptors (Lipinski definition) is 5. The molecule has 1 amide bonds. The van der Waals surface area contributed by atoms with E-state index in [1.165, 1.54) is 19.4 Å². The van der Waals surface area contributed by atoms with Crippen molar-refractivity contribution in [2.24, 2.45) is 0 Å². The number of carbonyl (C=O) groups excluding carboxylic acids is 1. The Balaban J connectivity index is 2.05. The van der Waals surface area contributed by atoms with E-state index in [9.17, 15) is 18.0 Å². The molecular formula is C19H24F3N3O3. The Morgan fingerprint density at radius 3 is 2.71 bits per heavy atom. The highest BCUT2D eigenvalue weighted by atomic mass is 19.4. The Labute approximate surface area is 161 Å². The predicted octanol–water partition coefficient (Wildman–Crippen LogP) is 3.48. The van der Waals surface area contributed by atoms with Crippen LogP contribution in [0.25, 0.3) is 0 Å². The van der Waals surface area contributed by atoms with Gasteiger partial charge < -0.3 is 14.5 Å². The van der Waals surface area contributed by atoms with Gasteiger partial charge in [-0.2, -0.15) is 13.2 Å². The quantitative estimate of drug-likeness (QED) is 0.654. The lowest BCUT2D eigenvalue weighted by atomic mass is 10.1. The molecule has 2 aromatic rings. The van der Waals surface area contributed by atoms with E-state index in [0.29, 0.717) is 31.2 Å². The van der Waals surface area contributed by atoms with Gasteiger partial charge in [-0.25, -0.2) is 4.98 Å². The van der Waals surface area contributed by atoms with E-state index in [4.69, 9.17) is 9.15 Å². The lowest BCUT2D eigenvalue weighted by molar-refractivity contribution is -0.137. The Morgan fingerprint density at radius 1 is 1.32 bits per heavy atom. The highest BCUT2D eigenvalue weighted by molar-refractivity contribution is 5.91. The second-order valence-corrected chi connectivity index (χ2v) is 6.57. The molecule has 0 aliphatic heterocycles. The number of amides is 1. The van der Waals surface area contributed by atoms with Gasteiger partial charge in [-0.05, 0) is 25.5 Å². The average molecular weight is 399 g/mol. The topological polar surface area (TPSA) is 67.6 Å². The monoisotopic (exact) mass is 399 g/mol. The summed E-state index contributed by atoms with van der Waals surface area (Å²) < 4.78 is 49.0. The fraction of sp³-hybridized carbons (Fsp3) is 0.474. The highest BCUT2D eigenvalue weighted by Crippen LogP contribution is 2.30. The zero-order chi connectivity index (χ0) is 20.7. The molecule has 28 heavy (non-hydrogen) atoms. The largest absolute Gasteiger partial charge is 0.447 e. The Kier molecular flexibility index (Phi) is 7.59. The summed E-state index contributed by atoms with van der Waals surface area (Å²) in [6.45, 7) is 5.14. The Hall–Kier alpha value is -2.39. The lowest BCUT2D eigenvalue weighted by Crippen LogP contribution is -2.30. The lowest BCUT2D eigenvalue weighted by Gasteiger charge is -2.25. The van der Waals surface area contributed by atoms with Gasteiger partial charge in [0.2, 0.25) is 5.89 Å². The Morgan fingerprint density at radius 2 is 2.07 bits per heavy atom. The number of nitrogens with zero attached hydrogens (tertiary/aromatic N) is 2. The van der Waals surface area contributed by atoms with Gasteiger partial charge in [0.1, 0.15) is 6.26 Å². The fourth-order valence-corrected chi connectivity index (χ4v) is 2.52. The van der Waals surface area contributed by atoms with E-state index < -0.39 is 11.7 Å². The maximum atomic E-state index is 12.9. The number of aromatic nitrogens is 1. The highest BCUT2D eigenvalue weighted by Gasteiger charge is 2.30. The molecule has 0 saturated carbocycles. The van der Waals surface area contributed by atoms with Crippen molar-refractivity contribution in [3.05, 3.63) is 53.2 Å². The summed E-state index contributed by atoms with van der Waals surface area (Å²) in [5, 5.41) is 2.64. The van der Waals surface area contributed by atoms with Gasteiger partial charge in [0.05, 0.1) is 18.7 Å². The van der Waals surface area contributed by atoms with Gasteiger partial charge in [-0.3, -0.25) is 9.69 Å². The van der Waals surface area contributed by atoms with Crippen molar-refractivity contribution in [3.8, 4) is 0 Å². The van der Waals surface area contributed by atoms with Crippen LogP contribution in [0.3, 0.4) is 0 Å². The van der Waals surface area contributed by atoms with Crippen LogP contribution in [0.2, 0.25) is 0 Å². The molecule has 2 rings (SSSR count). The zero-order valence-electron chi connectivity index (χ0n) is 16.0. The van der Waals surface area contributed by atoms with Crippen LogP contribution in [0.15, 0.2) is 34.9 Å². The minimum atomic E-state index is -4.38. The van der Waals surface area contributed by atoms with E-state index in [-0.39, 0.29) is 24.2 Å². The van der Waals surface area contributed by atoms with Crippen LogP contribution in [0.4, 0.5) is 13.2 Å². The number of halogens is 3. The molecule has 0 atom stereocenters. The SMILES string of the molecule is COCCNC(=O)c1coc(CN(Cc2cccc(C(F)(F)F)c2)C(C)C)n1. The predicted molar refractivity (Wildman–Crippen MR) is 96.5 cm³/mol. The van der Waals surface area contributed by atoms with Crippen molar-refractivity contribution < 1.29 is 27.1 Å². The molecule has 0 radical (unpaired) electrons. The van der Waals surface area contributed by atoms with Gasteiger partial charge in [0.25, 0.3) is 5.91 Å². The van der Waals surface area contributed by atoms with Crippen molar-refractivity contribution in [1.82, 2.24) is 15.2 Å². The molecule has 1 aromatic carbocycles. The molecule has 9 heteroatoms. The molecule has 6 nitrogen and oxygen atoms in total. The maximum absolute atomic E-state index is 12.9. The van der Waals surface area contributed by atoms with Crippen molar-refractivity contribution >= 4 is 5.91 Å². The summed E-state index contributed by atoms with van der Waals surface area (Å²) in [6, 6.07) is 5.25. The number of methoxy groups -OCH3 is 1. The zero-order valence-corrected chi connectivity index (χ0v) is 16.0. The second kappa shape index (κ2) is 9.70. The minimum Gasteiger partial charge on any atom is -0.447 e. The molecule has 0 saturated heterocycles. The van der Waals surface area contributed by atoms with Gasteiger partial charge in [0, 0.05) is 26.2 Å². The number of nitrogens with one attached hydrogen (secondary N) is 1. The minimum absolute atomic E-state index is 0.0282. The fourth-order valence-electron chi connectivity index (χ4n) is 2.52. The van der Waals surface area contributed by atoms with Gasteiger partial charge in [0.15, 0.2) is 5.69 Å². The molecule has 0 aliphatic carbocycles. The number of oxazole rings is 1. The maximum Gasteiger partial charge on any atom is 0.416 e. The molecule has 0 bridgehead atoms. The average Bonchev–Trinajstić information content (AvgIpc) is 3.09. The number of ether oxygens (including phenoxy) is 1. The molecule has 154 valence electrons. The van der Waals surface area contributed by atoms with Gasteiger partial charge in [-0.1, -0.05) is 18.2 Å². The van der Waals surface area contributed by atoms with Crippen LogP contribution in [0, 0.1) is 0 Å². The molecule has 1 heterocycles. The van der Waals surface area contributed by atoms with Crippen molar-refractivity contribution in [2.45, 2.75) is 39.2 Å². The van der Waals surface area contributed by atoms with E-state index >= 15 is 0 Å². The van der Waals surface area contributed by atoms with Gasteiger partial charge >= 0.3 is 6.18 Å². The number of carbonyl (C=O) groups is 1. The van der Waals surface area contributed by atoms with Crippen LogP contribution < -0.4 is 5.32 Å². The molecular weight excluding hydrogens is 375 g/mol. The van der Waals surface area contributed by atoms with Crippen molar-refractivity contribution in [3.63, 3.8) is 0 Å². The normalized spacial score (nSPS) is 12.0. The first-order valence-electron chi connectivity index (χ1n) is 8.82. The van der Waals surface area contributed by atoms with Crippen LogP contribution in [0.5, 0.6) is 0 Å². The first-order valence-corrected chi connectivity index (χ1v) is 8.82. The standard InChI is InChI=1S/C19H24F3N3O3/c1-13(2)25(10-14-5-4-6-15(9-14)19(20,21)22)11-17-24-16(12-28-17)18(26)23-7-8-27-3/h4-6,9,12-13H,7-8,10-11H2,1-3H3,(H,23,26). The van der Waals surface area contributed by atoms with Crippen LogP contribution >= 0.6 is 0 Å². The summed E-state index contributed by atoms with van der Waals surface area (Å²) in [6.07, 6.45) is -3.12. The van der Waals surface area contributed by atoms with E-state index in [1.54, 1.807) is 6.07 Å². The summed E-state index contributed by atoms with van der Waals surface area (Å²) in [4.78, 5) is 18.0. The number of rotatable bonds is 9. The van der Waals surface area contributed by atoms with Crippen molar-refractivity contribution in [1.29, 1.82) is 0 Å². The van der Waals surface area contributed by atoms with E-state index in [0.717, 1.165) is 12.1 Å². The summed E-state index contributed by atoms with van der Waals surface area (Å²) in [5.41, 5.74) is 0.00124. The number of hydrogen-bond donors (Lipinski definition) is 1. The Bertz CT molecular complexity index is 775. The third-order valence-electron chi connectivity index (χ3n) is 4.08. The third kappa shape index (κ3) is 6.35. The summed E-state index contributed by atoms with van der Waals surface area (Å²) in [7, 11) is 1.53. The third-order valence-corrected chi connectivity index (χ3v) is 4.08. The van der Waals surface area contributed by atoms with Crippen molar-refractivity contribution in [2.75, 3.05) is 20.3 Å². The van der Waals surface area contributed by atoms with Crippen LogP contribution in [-0.4, -0.2) is 42.1 Å². The number of alkyl halides is 3. The smallest absolute Gasteiger partial charge is 0.416 e. The first-order chi connectivity index (χ1) is 13.2. The second-order valence-electron chi connectivity index (χ2n) is 6.57.